The van der Waals surface area contributed by atoms with Gasteiger partial charge in [-0.3, -0.25) is 9.59 Å². The van der Waals surface area contributed by atoms with Crippen LogP contribution in [0.1, 0.15) is 30.9 Å². The van der Waals surface area contributed by atoms with E-state index in [-0.39, 0.29) is 24.2 Å². The molecule has 1 aromatic carbocycles. The highest BCUT2D eigenvalue weighted by Gasteiger charge is 2.82. The van der Waals surface area contributed by atoms with Gasteiger partial charge in [0.25, 0.3) is 0 Å². The molecule has 5 nitrogen and oxygen atoms in total. The number of hydrogen-bond donors (Lipinski definition) is 2. The number of fused-ring (bicyclic) bond motifs is 1. The molecule has 5 heteroatoms. The molecule has 1 aromatic rings. The Morgan fingerprint density at radius 2 is 2.08 bits per heavy atom. The molecule has 0 aliphatic heterocycles. The maximum atomic E-state index is 12.8. The van der Waals surface area contributed by atoms with Gasteiger partial charge in [-0.05, 0) is 49.1 Å². The van der Waals surface area contributed by atoms with Crippen molar-refractivity contribution < 1.29 is 14.7 Å². The number of carbonyl (C=O) groups is 2. The Labute approximate surface area is 147 Å². The lowest BCUT2D eigenvalue weighted by Gasteiger charge is -2.34. The van der Waals surface area contributed by atoms with Gasteiger partial charge in [0.2, 0.25) is 0 Å². The molecule has 0 aromatic heterocycles. The van der Waals surface area contributed by atoms with Crippen molar-refractivity contribution in [3.8, 4) is 6.07 Å². The Hall–Kier alpha value is -2.19. The summed E-state index contributed by atoms with van der Waals surface area (Å²) in [6.07, 6.45) is 1.65. The number of aryl methyl sites for hydroxylation is 1. The average molecular weight is 340 g/mol. The lowest BCUT2D eigenvalue weighted by Crippen LogP contribution is -2.45. The maximum absolute atomic E-state index is 12.8. The summed E-state index contributed by atoms with van der Waals surface area (Å²) < 4.78 is 0. The molecule has 0 saturated heterocycles. The number of aliphatic carboxylic acids is 1. The van der Waals surface area contributed by atoms with Crippen LogP contribution in [0.4, 0.5) is 0 Å². The molecule has 2 saturated carbocycles. The first kappa shape index (κ1) is 17.6. The number of nitriles is 1. The minimum atomic E-state index is -1.28. The number of nitrogens with zero attached hydrogens (tertiary/aromatic N) is 1. The first-order valence-electron chi connectivity index (χ1n) is 8.82. The molecule has 2 aliphatic carbocycles. The Bertz CT molecular complexity index is 768. The second-order valence-corrected chi connectivity index (χ2v) is 7.45. The molecular formula is C20H24N2O3. The van der Waals surface area contributed by atoms with E-state index in [2.05, 4.69) is 6.07 Å². The number of nitrogens with two attached hydrogens (primary N) is 1. The highest BCUT2D eigenvalue weighted by atomic mass is 16.4. The van der Waals surface area contributed by atoms with Gasteiger partial charge in [0, 0.05) is 5.92 Å². The lowest BCUT2D eigenvalue weighted by atomic mass is 9.65. The van der Waals surface area contributed by atoms with Crippen molar-refractivity contribution in [2.75, 3.05) is 6.54 Å². The summed E-state index contributed by atoms with van der Waals surface area (Å²) in [4.78, 5) is 24.7. The summed E-state index contributed by atoms with van der Waals surface area (Å²) in [5.41, 5.74) is 5.64. The third-order valence-electron chi connectivity index (χ3n) is 6.73. The van der Waals surface area contributed by atoms with E-state index in [1.165, 1.54) is 0 Å². The normalized spacial score (nSPS) is 35.7. The number of carboxylic acids is 1. The van der Waals surface area contributed by atoms with E-state index in [0.29, 0.717) is 19.3 Å². The Morgan fingerprint density at radius 1 is 1.40 bits per heavy atom. The van der Waals surface area contributed by atoms with E-state index in [4.69, 9.17) is 5.73 Å². The van der Waals surface area contributed by atoms with Crippen LogP contribution in [0.5, 0.6) is 0 Å². The van der Waals surface area contributed by atoms with Crippen molar-refractivity contribution in [1.82, 2.24) is 0 Å². The Kier molecular flexibility index (Phi) is 4.20. The summed E-state index contributed by atoms with van der Waals surface area (Å²) in [6.45, 7) is 3.62. The van der Waals surface area contributed by atoms with Crippen molar-refractivity contribution in [2.45, 2.75) is 33.1 Å². The van der Waals surface area contributed by atoms with Crippen LogP contribution in [0.25, 0.3) is 0 Å². The molecule has 3 N–H and O–H groups in total. The van der Waals surface area contributed by atoms with Crippen molar-refractivity contribution in [3.63, 3.8) is 0 Å². The quantitative estimate of drug-likeness (QED) is 0.827. The van der Waals surface area contributed by atoms with Gasteiger partial charge in [-0.1, -0.05) is 31.2 Å². The molecule has 5 atom stereocenters. The number of rotatable bonds is 6. The van der Waals surface area contributed by atoms with E-state index >= 15 is 0 Å². The molecule has 0 bridgehead atoms. The average Bonchev–Trinajstić information content (AvgIpc) is 3.14. The van der Waals surface area contributed by atoms with E-state index in [0.717, 1.165) is 11.1 Å². The molecule has 0 radical (unpaired) electrons. The molecule has 0 heterocycles. The van der Waals surface area contributed by atoms with Crippen LogP contribution in [0.3, 0.4) is 0 Å². The van der Waals surface area contributed by atoms with Gasteiger partial charge in [-0.15, -0.1) is 0 Å². The van der Waals surface area contributed by atoms with Crippen LogP contribution in [-0.4, -0.2) is 23.4 Å². The van der Waals surface area contributed by atoms with Crippen molar-refractivity contribution in [3.05, 3.63) is 35.4 Å². The van der Waals surface area contributed by atoms with Gasteiger partial charge in [-0.2, -0.15) is 5.26 Å². The summed E-state index contributed by atoms with van der Waals surface area (Å²) in [5, 5.41) is 19.8. The van der Waals surface area contributed by atoms with Crippen LogP contribution in [-0.2, 0) is 16.0 Å². The van der Waals surface area contributed by atoms with E-state index in [1.807, 2.05) is 38.1 Å². The number of hydrogen-bond acceptors (Lipinski definition) is 4. The van der Waals surface area contributed by atoms with Crippen LogP contribution >= 0.6 is 0 Å². The standard InChI is InChI=1S/C20H24N2O3/c1-3-19(18(24)25)15-9-14(8-13-7-5-4-6-12(13)2)20(11-22,17(15)19)16(23)10-21/h4-7,14-15,17H,3,8-10,21H2,1-2H3,(H,24,25). The number of carboxylic acid groups (broad SMARTS) is 1. The summed E-state index contributed by atoms with van der Waals surface area (Å²) >= 11 is 0. The number of Topliss-reactive ketones (excluding diaryl/α,β-unsaturated/α-hetero) is 1. The third kappa shape index (κ3) is 2.17. The van der Waals surface area contributed by atoms with Crippen molar-refractivity contribution in [2.24, 2.45) is 34.3 Å². The molecule has 0 spiro atoms. The zero-order valence-corrected chi connectivity index (χ0v) is 14.7. The Balaban J connectivity index is 2.02. The monoisotopic (exact) mass is 340 g/mol. The second kappa shape index (κ2) is 5.96. The summed E-state index contributed by atoms with van der Waals surface area (Å²) in [5.74, 6) is -1.90. The van der Waals surface area contributed by atoms with Gasteiger partial charge in [-0.25, -0.2) is 0 Å². The molecule has 2 fully saturated rings. The first-order valence-corrected chi connectivity index (χ1v) is 8.82. The summed E-state index contributed by atoms with van der Waals surface area (Å²) in [6, 6.07) is 10.2. The maximum Gasteiger partial charge on any atom is 0.310 e. The van der Waals surface area contributed by atoms with Crippen molar-refractivity contribution >= 4 is 11.8 Å². The highest BCUT2D eigenvalue weighted by Crippen LogP contribution is 2.77. The number of carbonyl (C=O) groups excluding carboxylic acids is 1. The fourth-order valence-corrected chi connectivity index (χ4v) is 5.40. The minimum absolute atomic E-state index is 0.112. The van der Waals surface area contributed by atoms with Gasteiger partial charge in [0.15, 0.2) is 5.78 Å². The number of ketones is 1. The molecule has 3 rings (SSSR count). The zero-order chi connectivity index (χ0) is 18.4. The second-order valence-electron chi connectivity index (χ2n) is 7.45. The SMILES string of the molecule is CCC1(C(=O)O)C2CC(Cc3ccccc3C)C(C#N)(C(=O)CN)C21. The number of benzene rings is 1. The predicted octanol–water partition coefficient (Wildman–Crippen LogP) is 2.32. The lowest BCUT2D eigenvalue weighted by molar-refractivity contribution is -0.146. The topological polar surface area (TPSA) is 104 Å². The highest BCUT2D eigenvalue weighted by molar-refractivity contribution is 5.94. The Morgan fingerprint density at radius 3 is 2.60 bits per heavy atom. The molecular weight excluding hydrogens is 316 g/mol. The van der Waals surface area contributed by atoms with E-state index < -0.39 is 22.7 Å². The minimum Gasteiger partial charge on any atom is -0.481 e. The zero-order valence-electron chi connectivity index (χ0n) is 14.7. The van der Waals surface area contributed by atoms with Crippen LogP contribution in [0.15, 0.2) is 24.3 Å². The molecule has 2 aliphatic rings. The summed E-state index contributed by atoms with van der Waals surface area (Å²) in [7, 11) is 0. The molecule has 0 amide bonds. The largest absolute Gasteiger partial charge is 0.481 e. The fraction of sp³-hybridized carbons (Fsp3) is 0.550. The van der Waals surface area contributed by atoms with Crippen LogP contribution < -0.4 is 5.73 Å². The molecule has 132 valence electrons. The van der Waals surface area contributed by atoms with Gasteiger partial charge in [0.1, 0.15) is 5.41 Å². The molecule has 25 heavy (non-hydrogen) atoms. The van der Waals surface area contributed by atoms with E-state index in [1.54, 1.807) is 0 Å². The fourth-order valence-electron chi connectivity index (χ4n) is 5.40. The van der Waals surface area contributed by atoms with Crippen LogP contribution in [0, 0.1) is 46.8 Å². The van der Waals surface area contributed by atoms with Crippen molar-refractivity contribution in [1.29, 1.82) is 5.26 Å². The van der Waals surface area contributed by atoms with Gasteiger partial charge < -0.3 is 10.8 Å². The van der Waals surface area contributed by atoms with Gasteiger partial charge in [0.05, 0.1) is 18.0 Å². The van der Waals surface area contributed by atoms with Crippen LogP contribution in [0.2, 0.25) is 0 Å². The molecule has 5 unspecified atom stereocenters. The van der Waals surface area contributed by atoms with Gasteiger partial charge >= 0.3 is 5.97 Å². The predicted molar refractivity (Wildman–Crippen MR) is 92.4 cm³/mol. The third-order valence-corrected chi connectivity index (χ3v) is 6.73. The van der Waals surface area contributed by atoms with E-state index in [9.17, 15) is 20.0 Å². The first-order chi connectivity index (χ1) is 11.9. The smallest absolute Gasteiger partial charge is 0.310 e.